The van der Waals surface area contributed by atoms with Crippen LogP contribution in [0.4, 0.5) is 0 Å². The van der Waals surface area contributed by atoms with Gasteiger partial charge in [0.1, 0.15) is 0 Å². The average Bonchev–Trinajstić information content (AvgIpc) is 2.92. The van der Waals surface area contributed by atoms with Gasteiger partial charge in [-0.1, -0.05) is 70.1 Å². The maximum Gasteiger partial charge on any atom is 0.345 e. The predicted molar refractivity (Wildman–Crippen MR) is 148 cm³/mol. The van der Waals surface area contributed by atoms with Crippen molar-refractivity contribution in [3.8, 4) is 23.1 Å². The third-order valence-electron chi connectivity index (χ3n) is 6.25. The van der Waals surface area contributed by atoms with Gasteiger partial charge in [-0.25, -0.2) is 9.59 Å². The van der Waals surface area contributed by atoms with Gasteiger partial charge in [0.05, 0.1) is 30.4 Å². The molecule has 0 aliphatic rings. The van der Waals surface area contributed by atoms with E-state index in [-0.39, 0.29) is 11.7 Å². The molecule has 2 heterocycles. The van der Waals surface area contributed by atoms with E-state index in [0.29, 0.717) is 46.7 Å². The first-order chi connectivity index (χ1) is 18.5. The van der Waals surface area contributed by atoms with Crippen LogP contribution in [-0.2, 0) is 9.53 Å². The molecule has 0 saturated heterocycles. The first-order valence-corrected chi connectivity index (χ1v) is 13.4. The number of esters is 1. The summed E-state index contributed by atoms with van der Waals surface area (Å²) in [6, 6.07) is 14.3. The van der Waals surface area contributed by atoms with Crippen molar-refractivity contribution in [2.75, 3.05) is 13.2 Å². The monoisotopic (exact) mass is 516 g/mol. The Labute approximate surface area is 224 Å². The van der Waals surface area contributed by atoms with Gasteiger partial charge in [-0.15, -0.1) is 0 Å². The van der Waals surface area contributed by atoms with E-state index in [0.717, 1.165) is 25.7 Å². The molecular weight excluding hydrogens is 480 g/mol. The van der Waals surface area contributed by atoms with E-state index in [1.165, 1.54) is 38.5 Å². The molecule has 38 heavy (non-hydrogen) atoms. The quantitative estimate of drug-likeness (QED) is 0.113. The molecule has 200 valence electrons. The van der Waals surface area contributed by atoms with Crippen LogP contribution in [0.5, 0.6) is 5.88 Å². The summed E-state index contributed by atoms with van der Waals surface area (Å²) < 4.78 is 16.3. The number of hydrogen-bond acceptors (Lipinski definition) is 7. The molecule has 0 atom stereocenters. The molecule has 0 aliphatic heterocycles. The Morgan fingerprint density at radius 3 is 2.26 bits per heavy atom. The smallest absolute Gasteiger partial charge is 0.345 e. The third kappa shape index (κ3) is 9.19. The van der Waals surface area contributed by atoms with Gasteiger partial charge >= 0.3 is 11.6 Å². The largest absolute Gasteiger partial charge is 0.478 e. The lowest BCUT2D eigenvalue weighted by Crippen LogP contribution is -2.05. The Bertz CT molecular complexity index is 1320. The number of rotatable bonds is 16. The number of nitrogens with zero attached hydrogens (tertiary/aromatic N) is 2. The normalized spacial score (nSPS) is 10.7. The van der Waals surface area contributed by atoms with E-state index >= 15 is 0 Å². The fraction of sp³-hybridized carbons (Fsp3) is 0.419. The number of carbonyl (C=O) groups excluding carboxylic acids is 1. The molecule has 0 unspecified atom stereocenters. The topological polar surface area (TPSA) is 102 Å². The molecule has 0 N–H and O–H groups in total. The van der Waals surface area contributed by atoms with Crippen molar-refractivity contribution in [2.24, 2.45) is 0 Å². The number of benzene rings is 1. The highest BCUT2D eigenvalue weighted by atomic mass is 16.5. The van der Waals surface area contributed by atoms with Gasteiger partial charge in [-0.05, 0) is 49.6 Å². The fourth-order valence-electron chi connectivity index (χ4n) is 4.10. The maximum atomic E-state index is 12.5. The van der Waals surface area contributed by atoms with Crippen molar-refractivity contribution in [1.29, 1.82) is 5.26 Å². The van der Waals surface area contributed by atoms with Gasteiger partial charge in [0.25, 0.3) is 0 Å². The fourth-order valence-corrected chi connectivity index (χ4v) is 4.10. The van der Waals surface area contributed by atoms with Crippen molar-refractivity contribution >= 4 is 17.1 Å². The molecule has 0 spiro atoms. The summed E-state index contributed by atoms with van der Waals surface area (Å²) >= 11 is 0. The molecule has 0 bridgehead atoms. The first-order valence-electron chi connectivity index (χ1n) is 13.4. The van der Waals surface area contributed by atoms with E-state index in [1.807, 2.05) is 6.07 Å². The molecule has 0 amide bonds. The summed E-state index contributed by atoms with van der Waals surface area (Å²) in [6.45, 7) is 6.28. The number of pyridine rings is 1. The first kappa shape index (κ1) is 28.6. The molecule has 3 aromatic rings. The van der Waals surface area contributed by atoms with Crippen LogP contribution >= 0.6 is 0 Å². The zero-order chi connectivity index (χ0) is 27.2. The number of fused-ring (bicyclic) bond motifs is 1. The zero-order valence-electron chi connectivity index (χ0n) is 22.2. The SMILES string of the molecule is C=C(C)C(=O)OCCCCCCCCCCCCOc1ccc2cc(-c3cccc(C#N)c3)c(=O)oc2n1. The number of hydrogen-bond donors (Lipinski definition) is 0. The molecule has 1 aromatic carbocycles. The molecule has 2 aromatic heterocycles. The predicted octanol–water partition coefficient (Wildman–Crippen LogP) is 7.13. The van der Waals surface area contributed by atoms with Gasteiger partial charge < -0.3 is 13.9 Å². The number of carbonyl (C=O) groups is 1. The van der Waals surface area contributed by atoms with E-state index in [1.54, 1.807) is 43.3 Å². The summed E-state index contributed by atoms with van der Waals surface area (Å²) in [5.74, 6) is 0.140. The molecular formula is C31H36N2O5. The van der Waals surface area contributed by atoms with E-state index in [9.17, 15) is 9.59 Å². The van der Waals surface area contributed by atoms with Gasteiger partial charge in [0.15, 0.2) is 0 Å². The van der Waals surface area contributed by atoms with Crippen molar-refractivity contribution in [3.05, 3.63) is 70.6 Å². The van der Waals surface area contributed by atoms with Crippen LogP contribution in [0.2, 0.25) is 0 Å². The average molecular weight is 517 g/mol. The van der Waals surface area contributed by atoms with E-state index in [4.69, 9.17) is 19.2 Å². The van der Waals surface area contributed by atoms with Crippen molar-refractivity contribution in [3.63, 3.8) is 0 Å². The Kier molecular flexibility index (Phi) is 11.6. The minimum Gasteiger partial charge on any atom is -0.478 e. The Hall–Kier alpha value is -3.92. The number of unbranched alkanes of at least 4 members (excludes halogenated alkanes) is 9. The summed E-state index contributed by atoms with van der Waals surface area (Å²) in [5, 5.41) is 9.80. The molecule has 3 rings (SSSR count). The lowest BCUT2D eigenvalue weighted by atomic mass is 10.0. The molecule has 0 fully saturated rings. The van der Waals surface area contributed by atoms with Crippen LogP contribution in [0, 0.1) is 11.3 Å². The van der Waals surface area contributed by atoms with Crippen LogP contribution in [0.1, 0.15) is 76.7 Å². The highest BCUT2D eigenvalue weighted by molar-refractivity contribution is 5.86. The highest BCUT2D eigenvalue weighted by Crippen LogP contribution is 2.23. The van der Waals surface area contributed by atoms with Crippen LogP contribution in [-0.4, -0.2) is 24.2 Å². The number of ether oxygens (including phenoxy) is 2. The van der Waals surface area contributed by atoms with Gasteiger partial charge in [0, 0.05) is 17.0 Å². The van der Waals surface area contributed by atoms with Crippen molar-refractivity contribution < 1.29 is 18.7 Å². The van der Waals surface area contributed by atoms with Crippen molar-refractivity contribution in [1.82, 2.24) is 4.98 Å². The van der Waals surface area contributed by atoms with Gasteiger partial charge in [-0.3, -0.25) is 0 Å². The second-order valence-corrected chi connectivity index (χ2v) is 9.48. The zero-order valence-corrected chi connectivity index (χ0v) is 22.2. The van der Waals surface area contributed by atoms with Gasteiger partial charge in [0.2, 0.25) is 11.6 Å². The Balaban J connectivity index is 1.29. The second-order valence-electron chi connectivity index (χ2n) is 9.48. The summed E-state index contributed by atoms with van der Waals surface area (Å²) in [7, 11) is 0. The summed E-state index contributed by atoms with van der Waals surface area (Å²) in [6.07, 6.45) is 11.3. The molecule has 7 nitrogen and oxygen atoms in total. The van der Waals surface area contributed by atoms with Crippen LogP contribution < -0.4 is 10.4 Å². The molecule has 0 saturated carbocycles. The minimum absolute atomic E-state index is 0.237. The third-order valence-corrected chi connectivity index (χ3v) is 6.25. The minimum atomic E-state index is -0.499. The summed E-state index contributed by atoms with van der Waals surface area (Å²) in [5.41, 5.74) is 1.70. The highest BCUT2D eigenvalue weighted by Gasteiger charge is 2.10. The van der Waals surface area contributed by atoms with E-state index < -0.39 is 5.63 Å². The lowest BCUT2D eigenvalue weighted by Gasteiger charge is -2.07. The van der Waals surface area contributed by atoms with E-state index in [2.05, 4.69) is 17.6 Å². The second kappa shape index (κ2) is 15.4. The summed E-state index contributed by atoms with van der Waals surface area (Å²) in [4.78, 5) is 28.2. The van der Waals surface area contributed by atoms with Crippen LogP contribution in [0.15, 0.2) is 63.8 Å². The maximum absolute atomic E-state index is 12.5. The van der Waals surface area contributed by atoms with Crippen LogP contribution in [0.25, 0.3) is 22.2 Å². The molecule has 0 aliphatic carbocycles. The standard InChI is InChI=1S/C31H36N2O5/c1-23(2)30(34)37-19-12-10-8-6-4-3-5-7-9-11-18-36-28-17-16-26-21-27(31(35)38-29(26)33-28)25-15-13-14-24(20-25)22-32/h13-17,20-21H,1,3-12,18-19H2,2H3. The molecule has 7 heteroatoms. The molecule has 0 radical (unpaired) electrons. The Morgan fingerprint density at radius 1 is 0.947 bits per heavy atom. The van der Waals surface area contributed by atoms with Gasteiger partial charge in [-0.2, -0.15) is 10.2 Å². The Morgan fingerprint density at radius 2 is 1.61 bits per heavy atom. The number of aromatic nitrogens is 1. The van der Waals surface area contributed by atoms with Crippen LogP contribution in [0.3, 0.4) is 0 Å². The van der Waals surface area contributed by atoms with Crippen molar-refractivity contribution in [2.45, 2.75) is 71.1 Å². The lowest BCUT2D eigenvalue weighted by molar-refractivity contribution is -0.139. The number of nitriles is 1.